The van der Waals surface area contributed by atoms with Gasteiger partial charge in [0, 0.05) is 25.2 Å². The molecule has 1 aromatic rings. The Bertz CT molecular complexity index is 390. The number of aromatic nitrogens is 3. The number of hydrogen-bond donors (Lipinski definition) is 1. The molecule has 0 radical (unpaired) electrons. The Kier molecular flexibility index (Phi) is 3.35. The number of piperidine rings is 1. The van der Waals surface area contributed by atoms with Gasteiger partial charge >= 0.3 is 0 Å². The van der Waals surface area contributed by atoms with Gasteiger partial charge in [-0.05, 0) is 32.2 Å². The Morgan fingerprint density at radius 1 is 1.39 bits per heavy atom. The lowest BCUT2D eigenvalue weighted by Crippen LogP contribution is -2.48. The number of fused-ring (bicyclic) bond motifs is 2. The van der Waals surface area contributed by atoms with E-state index in [1.54, 1.807) is 6.33 Å². The highest BCUT2D eigenvalue weighted by atomic mass is 15.3. The summed E-state index contributed by atoms with van der Waals surface area (Å²) >= 11 is 0. The van der Waals surface area contributed by atoms with Crippen LogP contribution in [0.5, 0.6) is 0 Å². The van der Waals surface area contributed by atoms with Crippen molar-refractivity contribution in [2.75, 3.05) is 6.54 Å². The summed E-state index contributed by atoms with van der Waals surface area (Å²) in [4.78, 5) is 2.57. The van der Waals surface area contributed by atoms with Crippen molar-refractivity contribution in [1.82, 2.24) is 25.0 Å². The van der Waals surface area contributed by atoms with Crippen molar-refractivity contribution in [3.8, 4) is 0 Å². The number of aryl methyl sites for hydroxylation is 1. The van der Waals surface area contributed by atoms with Crippen LogP contribution in [-0.4, -0.2) is 44.3 Å². The third-order valence-corrected chi connectivity index (χ3v) is 4.52. The summed E-state index contributed by atoms with van der Waals surface area (Å²) in [5.41, 5.74) is 0. The summed E-state index contributed by atoms with van der Waals surface area (Å²) in [5, 5.41) is 11.9. The molecule has 0 amide bonds. The lowest BCUT2D eigenvalue weighted by Gasteiger charge is -2.37. The van der Waals surface area contributed by atoms with Crippen molar-refractivity contribution in [3.05, 3.63) is 12.2 Å². The van der Waals surface area contributed by atoms with Gasteiger partial charge in [-0.25, -0.2) is 0 Å². The van der Waals surface area contributed by atoms with Gasteiger partial charge in [0.25, 0.3) is 0 Å². The first-order valence-electron chi connectivity index (χ1n) is 7.09. The lowest BCUT2D eigenvalue weighted by molar-refractivity contribution is 0.136. The smallest absolute Gasteiger partial charge is 0.146 e. The molecule has 0 aromatic carbocycles. The maximum absolute atomic E-state index is 4.21. The van der Waals surface area contributed by atoms with Gasteiger partial charge in [-0.1, -0.05) is 6.92 Å². The maximum Gasteiger partial charge on any atom is 0.146 e. The van der Waals surface area contributed by atoms with Gasteiger partial charge in [0.05, 0.1) is 6.54 Å². The van der Waals surface area contributed by atoms with Crippen LogP contribution in [0.1, 0.15) is 38.4 Å². The fourth-order valence-electron chi connectivity index (χ4n) is 3.46. The standard InChI is InChI=1S/C13H23N5/c1-3-18(8-13-16-14-9-17(13)2)12-6-10-4-5-11(7-12)15-10/h9-12,15H,3-8H2,1-2H3. The highest BCUT2D eigenvalue weighted by molar-refractivity contribution is 4.96. The molecule has 5 nitrogen and oxygen atoms in total. The summed E-state index contributed by atoms with van der Waals surface area (Å²) in [6.45, 7) is 4.27. The summed E-state index contributed by atoms with van der Waals surface area (Å²) in [6, 6.07) is 2.22. The van der Waals surface area contributed by atoms with E-state index in [0.717, 1.165) is 31.0 Å². The summed E-state index contributed by atoms with van der Waals surface area (Å²) in [5.74, 6) is 1.07. The Hall–Kier alpha value is -0.940. The average Bonchev–Trinajstić information content (AvgIpc) is 2.92. The van der Waals surface area contributed by atoms with E-state index in [9.17, 15) is 0 Å². The van der Waals surface area contributed by atoms with Crippen molar-refractivity contribution in [2.24, 2.45) is 7.05 Å². The van der Waals surface area contributed by atoms with E-state index in [0.29, 0.717) is 6.04 Å². The molecule has 1 aromatic heterocycles. The predicted molar refractivity (Wildman–Crippen MR) is 70.1 cm³/mol. The third-order valence-electron chi connectivity index (χ3n) is 4.52. The van der Waals surface area contributed by atoms with Crippen LogP contribution in [0.3, 0.4) is 0 Å². The SMILES string of the molecule is CCN(Cc1nncn1C)C1CC2CCC(C1)N2. The first-order chi connectivity index (χ1) is 8.76. The molecule has 5 heteroatoms. The predicted octanol–water partition coefficient (Wildman–Crippen LogP) is 0.920. The van der Waals surface area contributed by atoms with E-state index in [1.807, 2.05) is 11.6 Å². The Balaban J connectivity index is 1.67. The highest BCUT2D eigenvalue weighted by Crippen LogP contribution is 2.30. The van der Waals surface area contributed by atoms with Crippen molar-refractivity contribution < 1.29 is 0 Å². The van der Waals surface area contributed by atoms with Crippen LogP contribution < -0.4 is 5.32 Å². The van der Waals surface area contributed by atoms with Gasteiger partial charge < -0.3 is 9.88 Å². The van der Waals surface area contributed by atoms with E-state index in [-0.39, 0.29) is 0 Å². The maximum atomic E-state index is 4.21. The van der Waals surface area contributed by atoms with Crippen molar-refractivity contribution in [2.45, 2.75) is 57.3 Å². The summed E-state index contributed by atoms with van der Waals surface area (Å²) < 4.78 is 2.03. The molecular weight excluding hydrogens is 226 g/mol. The van der Waals surface area contributed by atoms with Crippen molar-refractivity contribution in [1.29, 1.82) is 0 Å². The van der Waals surface area contributed by atoms with Gasteiger partial charge in [0.15, 0.2) is 0 Å². The van der Waals surface area contributed by atoms with Crippen molar-refractivity contribution >= 4 is 0 Å². The molecule has 2 aliphatic heterocycles. The molecule has 2 saturated heterocycles. The van der Waals surface area contributed by atoms with Gasteiger partial charge in [-0.15, -0.1) is 10.2 Å². The quantitative estimate of drug-likeness (QED) is 0.862. The zero-order valence-corrected chi connectivity index (χ0v) is 11.3. The molecule has 1 N–H and O–H groups in total. The molecule has 0 aliphatic carbocycles. The molecule has 0 spiro atoms. The fourth-order valence-corrected chi connectivity index (χ4v) is 3.46. The molecule has 2 aliphatic rings. The van der Waals surface area contributed by atoms with Crippen LogP contribution in [0.25, 0.3) is 0 Å². The Labute approximate surface area is 109 Å². The van der Waals surface area contributed by atoms with Gasteiger partial charge in [0.2, 0.25) is 0 Å². The first kappa shape index (κ1) is 12.1. The first-order valence-corrected chi connectivity index (χ1v) is 7.09. The number of hydrogen-bond acceptors (Lipinski definition) is 4. The highest BCUT2D eigenvalue weighted by Gasteiger charge is 2.35. The zero-order chi connectivity index (χ0) is 12.5. The molecule has 18 heavy (non-hydrogen) atoms. The third kappa shape index (κ3) is 2.29. The number of nitrogens with one attached hydrogen (secondary N) is 1. The van der Waals surface area contributed by atoms with Gasteiger partial charge in [-0.2, -0.15) is 0 Å². The number of rotatable bonds is 4. The van der Waals surface area contributed by atoms with Crippen LogP contribution in [0.2, 0.25) is 0 Å². The Morgan fingerprint density at radius 2 is 2.11 bits per heavy atom. The normalized spacial score (nSPS) is 31.2. The minimum Gasteiger partial charge on any atom is -0.320 e. The molecule has 2 unspecified atom stereocenters. The van der Waals surface area contributed by atoms with E-state index >= 15 is 0 Å². The van der Waals surface area contributed by atoms with E-state index in [1.165, 1.54) is 25.7 Å². The number of nitrogens with zero attached hydrogens (tertiary/aromatic N) is 4. The molecule has 3 heterocycles. The largest absolute Gasteiger partial charge is 0.320 e. The second-order valence-electron chi connectivity index (χ2n) is 5.68. The minimum atomic E-state index is 0.713. The molecular formula is C13H23N5. The van der Waals surface area contributed by atoms with Crippen LogP contribution in [0.4, 0.5) is 0 Å². The van der Waals surface area contributed by atoms with Crippen LogP contribution >= 0.6 is 0 Å². The second kappa shape index (κ2) is 4.97. The second-order valence-corrected chi connectivity index (χ2v) is 5.68. The summed E-state index contributed by atoms with van der Waals surface area (Å²) in [6.07, 6.45) is 7.10. The van der Waals surface area contributed by atoms with Crippen LogP contribution in [0.15, 0.2) is 6.33 Å². The Morgan fingerprint density at radius 3 is 2.67 bits per heavy atom. The molecule has 2 fully saturated rings. The van der Waals surface area contributed by atoms with E-state index in [2.05, 4.69) is 27.3 Å². The van der Waals surface area contributed by atoms with Crippen LogP contribution in [-0.2, 0) is 13.6 Å². The zero-order valence-electron chi connectivity index (χ0n) is 11.3. The van der Waals surface area contributed by atoms with E-state index in [4.69, 9.17) is 0 Å². The minimum absolute atomic E-state index is 0.713. The fraction of sp³-hybridized carbons (Fsp3) is 0.846. The van der Waals surface area contributed by atoms with Gasteiger partial charge in [-0.3, -0.25) is 4.90 Å². The van der Waals surface area contributed by atoms with Crippen LogP contribution in [0, 0.1) is 0 Å². The molecule has 100 valence electrons. The topological polar surface area (TPSA) is 46.0 Å². The summed E-state index contributed by atoms with van der Waals surface area (Å²) in [7, 11) is 2.02. The van der Waals surface area contributed by atoms with Crippen molar-refractivity contribution in [3.63, 3.8) is 0 Å². The molecule has 0 saturated carbocycles. The molecule has 3 rings (SSSR count). The lowest BCUT2D eigenvalue weighted by atomic mass is 9.98. The monoisotopic (exact) mass is 249 g/mol. The molecule has 2 atom stereocenters. The van der Waals surface area contributed by atoms with E-state index < -0.39 is 0 Å². The average molecular weight is 249 g/mol. The van der Waals surface area contributed by atoms with Gasteiger partial charge in [0.1, 0.15) is 12.2 Å². The molecule has 2 bridgehead atoms.